The zero-order valence-corrected chi connectivity index (χ0v) is 13.9. The number of phenols is 1. The number of rotatable bonds is 2. The fourth-order valence-corrected chi connectivity index (χ4v) is 3.18. The van der Waals surface area contributed by atoms with E-state index in [9.17, 15) is 36.2 Å². The molecule has 4 unspecified atom stereocenters. The first-order valence-corrected chi connectivity index (χ1v) is 7.47. The molecule has 0 aromatic heterocycles. The number of phenolic OH excluding ortho intramolecular Hbond substituents is 1. The molecule has 1 aliphatic rings. The molecule has 0 aliphatic carbocycles. The molecule has 1 aromatic carbocycles. The van der Waals surface area contributed by atoms with Gasteiger partial charge in [-0.3, -0.25) is 0 Å². The zero-order valence-electron chi connectivity index (χ0n) is 13.9. The molecule has 0 bridgehead atoms. The van der Waals surface area contributed by atoms with Gasteiger partial charge in [0, 0.05) is 17.4 Å². The Kier molecular flexibility index (Phi) is 4.95. The van der Waals surface area contributed by atoms with Gasteiger partial charge >= 0.3 is 18.3 Å². The summed E-state index contributed by atoms with van der Waals surface area (Å²) in [4.78, 5) is 11.9. The average Bonchev–Trinajstić information content (AvgIpc) is 2.79. The van der Waals surface area contributed by atoms with E-state index in [1.54, 1.807) is 0 Å². The highest BCUT2D eigenvalue weighted by Crippen LogP contribution is 2.55. The van der Waals surface area contributed by atoms with Gasteiger partial charge < -0.3 is 14.6 Å². The lowest BCUT2D eigenvalue weighted by atomic mass is 9.76. The lowest BCUT2D eigenvalue weighted by Crippen LogP contribution is -2.47. The Balaban J connectivity index is 2.64. The molecule has 26 heavy (non-hydrogen) atoms. The Bertz CT molecular complexity index is 699. The first-order chi connectivity index (χ1) is 11.8. The summed E-state index contributed by atoms with van der Waals surface area (Å²) >= 11 is 0. The van der Waals surface area contributed by atoms with Crippen LogP contribution in [0.2, 0.25) is 0 Å². The smallest absolute Gasteiger partial charge is 0.419 e. The predicted octanol–water partition coefficient (Wildman–Crippen LogP) is 4.02. The Morgan fingerprint density at radius 3 is 2.27 bits per heavy atom. The van der Waals surface area contributed by atoms with Crippen LogP contribution in [0.4, 0.5) is 26.3 Å². The van der Waals surface area contributed by atoms with Crippen LogP contribution >= 0.6 is 0 Å². The summed E-state index contributed by atoms with van der Waals surface area (Å²) in [6, 6.07) is 2.57. The zero-order chi connectivity index (χ0) is 20.1. The lowest BCUT2D eigenvalue weighted by Gasteiger charge is -2.31. The third kappa shape index (κ3) is 3.10. The summed E-state index contributed by atoms with van der Waals surface area (Å²) < 4.78 is 88.8. The topological polar surface area (TPSA) is 55.8 Å². The number of alkyl halides is 6. The van der Waals surface area contributed by atoms with Gasteiger partial charge in [0.1, 0.15) is 5.75 Å². The van der Waals surface area contributed by atoms with Crippen LogP contribution in [0.5, 0.6) is 5.75 Å². The second-order valence-corrected chi connectivity index (χ2v) is 6.22. The van der Waals surface area contributed by atoms with Crippen molar-refractivity contribution in [3.05, 3.63) is 29.3 Å². The van der Waals surface area contributed by atoms with E-state index in [0.717, 1.165) is 26.2 Å². The number of hydrogen-bond donors (Lipinski definition) is 1. The van der Waals surface area contributed by atoms with E-state index in [-0.39, 0.29) is 0 Å². The highest BCUT2D eigenvalue weighted by Gasteiger charge is 2.66. The third-order valence-corrected chi connectivity index (χ3v) is 4.83. The number of halogens is 6. The molecule has 1 N–H and O–H groups in total. The van der Waals surface area contributed by atoms with Gasteiger partial charge in [0.25, 0.3) is 0 Å². The second kappa shape index (κ2) is 6.33. The summed E-state index contributed by atoms with van der Waals surface area (Å²) in [5.74, 6) is -5.37. The summed E-state index contributed by atoms with van der Waals surface area (Å²) in [7, 11) is 0.919. The standard InChI is InChI=1S/C16H16F6O4/c1-7-10(8-5-4-6-9(11(8)23)15(17,18)19)12(13(24)25-3)26-14(7,2)16(20,21)22/h4-7,10,12,23H,1-3H3. The first-order valence-electron chi connectivity index (χ1n) is 7.47. The Labute approximate surface area is 144 Å². The molecule has 0 spiro atoms. The maximum absolute atomic E-state index is 13.5. The fourth-order valence-electron chi connectivity index (χ4n) is 3.18. The van der Waals surface area contributed by atoms with Gasteiger partial charge in [0.05, 0.1) is 12.7 Å². The minimum Gasteiger partial charge on any atom is -0.507 e. The number of esters is 1. The van der Waals surface area contributed by atoms with E-state index in [0.29, 0.717) is 13.0 Å². The van der Waals surface area contributed by atoms with Crippen LogP contribution in [-0.2, 0) is 20.4 Å². The average molecular weight is 386 g/mol. The predicted molar refractivity (Wildman–Crippen MR) is 76.4 cm³/mol. The van der Waals surface area contributed by atoms with Gasteiger partial charge in [-0.2, -0.15) is 26.3 Å². The van der Waals surface area contributed by atoms with Crippen LogP contribution in [-0.4, -0.2) is 36.1 Å². The van der Waals surface area contributed by atoms with Gasteiger partial charge in [-0.1, -0.05) is 19.1 Å². The van der Waals surface area contributed by atoms with Gasteiger partial charge in [0.2, 0.25) is 0 Å². The fraction of sp³-hybridized carbons (Fsp3) is 0.562. The maximum atomic E-state index is 13.5. The van der Waals surface area contributed by atoms with Crippen molar-refractivity contribution in [2.45, 2.75) is 43.8 Å². The minimum atomic E-state index is -4.92. The number of para-hydroxylation sites is 1. The number of carbonyl (C=O) groups excluding carboxylic acids is 1. The molecular weight excluding hydrogens is 370 g/mol. The van der Waals surface area contributed by atoms with Crippen LogP contribution < -0.4 is 0 Å². The number of aromatic hydroxyl groups is 1. The maximum Gasteiger partial charge on any atom is 0.419 e. The van der Waals surface area contributed by atoms with Gasteiger partial charge in [0.15, 0.2) is 11.7 Å². The lowest BCUT2D eigenvalue weighted by molar-refractivity contribution is -0.274. The molecule has 4 nitrogen and oxygen atoms in total. The summed E-state index contributed by atoms with van der Waals surface area (Å²) in [5, 5.41) is 10.0. The number of methoxy groups -OCH3 is 1. The number of benzene rings is 1. The van der Waals surface area contributed by atoms with Crippen molar-refractivity contribution in [3.63, 3.8) is 0 Å². The quantitative estimate of drug-likeness (QED) is 0.616. The van der Waals surface area contributed by atoms with Crippen molar-refractivity contribution in [2.75, 3.05) is 7.11 Å². The molecule has 1 heterocycles. The van der Waals surface area contributed by atoms with Crippen molar-refractivity contribution < 1.29 is 45.7 Å². The molecule has 0 radical (unpaired) electrons. The molecule has 0 saturated carbocycles. The molecule has 146 valence electrons. The number of carbonyl (C=O) groups is 1. The van der Waals surface area contributed by atoms with E-state index in [1.807, 2.05) is 0 Å². The second-order valence-electron chi connectivity index (χ2n) is 6.22. The SMILES string of the molecule is COC(=O)C1OC(C)(C(F)(F)F)C(C)C1c1cccc(C(F)(F)F)c1O. The van der Waals surface area contributed by atoms with E-state index >= 15 is 0 Å². The van der Waals surface area contributed by atoms with Crippen molar-refractivity contribution in [3.8, 4) is 5.75 Å². The Morgan fingerprint density at radius 2 is 1.81 bits per heavy atom. The molecule has 1 fully saturated rings. The molecule has 1 aromatic rings. The first kappa shape index (κ1) is 20.3. The molecule has 1 saturated heterocycles. The van der Waals surface area contributed by atoms with Crippen LogP contribution in [0, 0.1) is 5.92 Å². The molecule has 4 atom stereocenters. The molecule has 2 rings (SSSR count). The largest absolute Gasteiger partial charge is 0.507 e. The van der Waals surface area contributed by atoms with Crippen molar-refractivity contribution >= 4 is 5.97 Å². The van der Waals surface area contributed by atoms with Crippen molar-refractivity contribution in [2.24, 2.45) is 5.92 Å². The Morgan fingerprint density at radius 1 is 1.23 bits per heavy atom. The van der Waals surface area contributed by atoms with Gasteiger partial charge in [-0.15, -0.1) is 0 Å². The van der Waals surface area contributed by atoms with E-state index < -0.39 is 58.7 Å². The van der Waals surface area contributed by atoms with Crippen molar-refractivity contribution in [1.29, 1.82) is 0 Å². The highest BCUT2D eigenvalue weighted by atomic mass is 19.4. The Hall–Kier alpha value is -1.97. The van der Waals surface area contributed by atoms with E-state index in [4.69, 9.17) is 4.74 Å². The van der Waals surface area contributed by atoms with Crippen LogP contribution in [0.15, 0.2) is 18.2 Å². The summed E-state index contributed by atoms with van der Waals surface area (Å²) in [5.41, 5.74) is -4.68. The van der Waals surface area contributed by atoms with Gasteiger partial charge in [-0.05, 0) is 13.0 Å². The molecule has 0 amide bonds. The normalized spacial score (nSPS) is 29.7. The monoisotopic (exact) mass is 386 g/mol. The minimum absolute atomic E-state index is 0.462. The number of ether oxygens (including phenoxy) is 2. The van der Waals surface area contributed by atoms with Crippen LogP contribution in [0.25, 0.3) is 0 Å². The highest BCUT2D eigenvalue weighted by molar-refractivity contribution is 5.77. The van der Waals surface area contributed by atoms with Crippen LogP contribution in [0.1, 0.15) is 30.9 Å². The van der Waals surface area contributed by atoms with Gasteiger partial charge in [-0.25, -0.2) is 4.79 Å². The summed E-state index contributed by atoms with van der Waals surface area (Å²) in [6.07, 6.45) is -11.6. The third-order valence-electron chi connectivity index (χ3n) is 4.83. The number of hydrogen-bond acceptors (Lipinski definition) is 4. The molecule has 1 aliphatic heterocycles. The summed E-state index contributed by atoms with van der Waals surface area (Å²) in [6.45, 7) is 1.80. The molecule has 10 heteroatoms. The molecular formula is C16H16F6O4. The van der Waals surface area contributed by atoms with Crippen LogP contribution in [0.3, 0.4) is 0 Å². The van der Waals surface area contributed by atoms with Crippen molar-refractivity contribution in [1.82, 2.24) is 0 Å². The van der Waals surface area contributed by atoms with E-state index in [2.05, 4.69) is 4.74 Å². The van der Waals surface area contributed by atoms with E-state index in [1.165, 1.54) is 0 Å².